The van der Waals surface area contributed by atoms with Crippen molar-refractivity contribution in [3.63, 3.8) is 0 Å². The molecule has 37 heavy (non-hydrogen) atoms. The van der Waals surface area contributed by atoms with Crippen LogP contribution in [0.1, 0.15) is 90.9 Å². The quantitative estimate of drug-likeness (QED) is 0.0655. The maximum absolute atomic E-state index is 12.2. The predicted molar refractivity (Wildman–Crippen MR) is 146 cm³/mol. The number of phosphoric ester groups is 1. The Labute approximate surface area is 223 Å². The van der Waals surface area contributed by atoms with Crippen LogP contribution in [0.5, 0.6) is 0 Å². The number of unbranched alkanes of at least 4 members (excludes halogenated alkanes) is 5. The van der Waals surface area contributed by atoms with Gasteiger partial charge in [-0.1, -0.05) is 69.6 Å². The summed E-state index contributed by atoms with van der Waals surface area (Å²) >= 11 is 0. The zero-order valence-electron chi connectivity index (χ0n) is 22.7. The number of phosphoric acid groups is 1. The van der Waals surface area contributed by atoms with E-state index in [0.717, 1.165) is 51.4 Å². The molecule has 214 valence electrons. The molecule has 0 saturated carbocycles. The van der Waals surface area contributed by atoms with Gasteiger partial charge in [0.15, 0.2) is 6.10 Å². The number of rotatable bonds is 24. The van der Waals surface area contributed by atoms with Crippen molar-refractivity contribution >= 4 is 19.8 Å². The molecule has 0 heterocycles. The van der Waals surface area contributed by atoms with Crippen LogP contribution in [0.15, 0.2) is 36.5 Å². The van der Waals surface area contributed by atoms with Crippen LogP contribution in [-0.2, 0) is 32.7 Å². The van der Waals surface area contributed by atoms with E-state index in [1.807, 2.05) is 6.92 Å². The fourth-order valence-electron chi connectivity index (χ4n) is 3.09. The molecule has 0 aliphatic carbocycles. The molecule has 3 N–H and O–H groups in total. The summed E-state index contributed by atoms with van der Waals surface area (Å²) in [6.07, 6.45) is 22.0. The second-order valence-corrected chi connectivity index (χ2v) is 9.98. The summed E-state index contributed by atoms with van der Waals surface area (Å²) in [5.74, 6) is -0.918. The Morgan fingerprint density at radius 2 is 1.49 bits per heavy atom. The van der Waals surface area contributed by atoms with Crippen LogP contribution in [0.4, 0.5) is 0 Å². The molecule has 0 rings (SSSR count). The second kappa shape index (κ2) is 24.6. The first-order valence-electron chi connectivity index (χ1n) is 13.5. The Kier molecular flexibility index (Phi) is 23.4. The predicted octanol–water partition coefficient (Wildman–Crippen LogP) is 5.92. The van der Waals surface area contributed by atoms with E-state index >= 15 is 0 Å². The van der Waals surface area contributed by atoms with E-state index in [4.69, 9.17) is 19.7 Å². The molecule has 0 fully saturated rings. The standard InChI is InChI=1S/C27H48NO8P/c1-3-5-6-7-8-9-10-11-12-13-14-15-16-17-18-20-27(30)36-25(23-33-26(29)19-4-2)24-35-37(31,32)34-22-21-28/h5-6,8-9,11-12,25H,3-4,7,10,13-24,28H2,1-2H3,(H,31,32)/b6-5-,9-8-,12-11-. The first kappa shape index (κ1) is 35.2. The first-order chi connectivity index (χ1) is 17.8. The van der Waals surface area contributed by atoms with Gasteiger partial charge >= 0.3 is 19.8 Å². The average molecular weight is 546 g/mol. The number of carbonyl (C=O) groups excluding carboxylic acids is 2. The maximum Gasteiger partial charge on any atom is 0.472 e. The number of nitrogens with two attached hydrogens (primary N) is 1. The number of ether oxygens (including phenoxy) is 2. The topological polar surface area (TPSA) is 134 Å². The van der Waals surface area contributed by atoms with Gasteiger partial charge in [-0.2, -0.15) is 0 Å². The van der Waals surface area contributed by atoms with Crippen molar-refractivity contribution in [3.8, 4) is 0 Å². The lowest BCUT2D eigenvalue weighted by Gasteiger charge is -2.19. The highest BCUT2D eigenvalue weighted by molar-refractivity contribution is 7.47. The van der Waals surface area contributed by atoms with Gasteiger partial charge < -0.3 is 20.1 Å². The van der Waals surface area contributed by atoms with Gasteiger partial charge in [-0.05, 0) is 44.9 Å². The number of hydrogen-bond donors (Lipinski definition) is 2. The average Bonchev–Trinajstić information content (AvgIpc) is 2.87. The molecule has 0 aliphatic rings. The number of esters is 2. The lowest BCUT2D eigenvalue weighted by atomic mass is 10.1. The molecule has 0 aromatic rings. The van der Waals surface area contributed by atoms with E-state index in [1.165, 1.54) is 0 Å². The molecule has 10 heteroatoms. The molecular weight excluding hydrogens is 497 g/mol. The van der Waals surface area contributed by atoms with E-state index in [2.05, 4.69) is 47.9 Å². The molecule has 0 amide bonds. The van der Waals surface area contributed by atoms with Crippen molar-refractivity contribution in [3.05, 3.63) is 36.5 Å². The van der Waals surface area contributed by atoms with Crippen LogP contribution >= 0.6 is 7.82 Å². The highest BCUT2D eigenvalue weighted by atomic mass is 31.2. The van der Waals surface area contributed by atoms with Crippen molar-refractivity contribution in [2.45, 2.75) is 97.0 Å². The molecule has 0 radical (unpaired) electrons. The van der Waals surface area contributed by atoms with Crippen LogP contribution in [-0.4, -0.2) is 49.3 Å². The zero-order valence-corrected chi connectivity index (χ0v) is 23.6. The molecule has 9 nitrogen and oxygen atoms in total. The fraction of sp³-hybridized carbons (Fsp3) is 0.704. The Morgan fingerprint density at radius 1 is 0.838 bits per heavy atom. The summed E-state index contributed by atoms with van der Waals surface area (Å²) in [5, 5.41) is 0. The third kappa shape index (κ3) is 24.3. The molecule has 0 aromatic heterocycles. The summed E-state index contributed by atoms with van der Waals surface area (Å²) in [7, 11) is -4.34. The minimum Gasteiger partial charge on any atom is -0.462 e. The van der Waals surface area contributed by atoms with E-state index in [1.54, 1.807) is 0 Å². The van der Waals surface area contributed by atoms with Gasteiger partial charge in [-0.25, -0.2) is 4.57 Å². The van der Waals surface area contributed by atoms with Gasteiger partial charge in [-0.3, -0.25) is 18.6 Å². The molecule has 2 unspecified atom stereocenters. The highest BCUT2D eigenvalue weighted by Gasteiger charge is 2.25. The fourth-order valence-corrected chi connectivity index (χ4v) is 3.86. The number of carbonyl (C=O) groups is 2. The Morgan fingerprint density at radius 3 is 2.16 bits per heavy atom. The minimum atomic E-state index is -4.34. The third-order valence-corrected chi connectivity index (χ3v) is 5.99. The third-order valence-electron chi connectivity index (χ3n) is 5.01. The number of allylic oxidation sites excluding steroid dienone is 6. The summed E-state index contributed by atoms with van der Waals surface area (Å²) in [6, 6.07) is 0. The van der Waals surface area contributed by atoms with Crippen molar-refractivity contribution < 1.29 is 37.6 Å². The Balaban J connectivity index is 4.15. The van der Waals surface area contributed by atoms with Crippen LogP contribution < -0.4 is 5.73 Å². The zero-order chi connectivity index (χ0) is 27.6. The molecule has 0 saturated heterocycles. The normalized spacial score (nSPS) is 14.4. The van der Waals surface area contributed by atoms with Gasteiger partial charge in [0, 0.05) is 19.4 Å². The summed E-state index contributed by atoms with van der Waals surface area (Å²) in [4.78, 5) is 33.5. The van der Waals surface area contributed by atoms with Crippen molar-refractivity contribution in [2.75, 3.05) is 26.4 Å². The van der Waals surface area contributed by atoms with Crippen molar-refractivity contribution in [2.24, 2.45) is 5.73 Å². The Bertz CT molecular complexity index is 723. The highest BCUT2D eigenvalue weighted by Crippen LogP contribution is 2.43. The van der Waals surface area contributed by atoms with Crippen LogP contribution in [0.25, 0.3) is 0 Å². The smallest absolute Gasteiger partial charge is 0.462 e. The van der Waals surface area contributed by atoms with Crippen LogP contribution in [0.3, 0.4) is 0 Å². The van der Waals surface area contributed by atoms with Gasteiger partial charge in [-0.15, -0.1) is 0 Å². The van der Waals surface area contributed by atoms with Gasteiger partial charge in [0.05, 0.1) is 13.2 Å². The molecule has 2 atom stereocenters. The summed E-state index contributed by atoms with van der Waals surface area (Å²) < 4.78 is 31.8. The van der Waals surface area contributed by atoms with Gasteiger partial charge in [0.1, 0.15) is 6.61 Å². The monoisotopic (exact) mass is 545 g/mol. The molecule has 0 bridgehead atoms. The number of hydrogen-bond acceptors (Lipinski definition) is 8. The SMILES string of the molecule is CC/C=C\C/C=C\C/C=C\CCCCCCCC(=O)OC(COC(=O)CCC)COP(=O)(O)OCCN. The molecule has 0 aliphatic heterocycles. The molecular formula is C27H48NO8P. The van der Waals surface area contributed by atoms with E-state index in [0.29, 0.717) is 12.8 Å². The summed E-state index contributed by atoms with van der Waals surface area (Å²) in [6.45, 7) is 3.15. The van der Waals surface area contributed by atoms with Crippen LogP contribution in [0, 0.1) is 0 Å². The molecule has 0 aromatic carbocycles. The van der Waals surface area contributed by atoms with Crippen molar-refractivity contribution in [1.29, 1.82) is 0 Å². The van der Waals surface area contributed by atoms with E-state index < -0.39 is 32.5 Å². The largest absolute Gasteiger partial charge is 0.472 e. The van der Waals surface area contributed by atoms with Crippen molar-refractivity contribution in [1.82, 2.24) is 0 Å². The van der Waals surface area contributed by atoms with Crippen LogP contribution in [0.2, 0.25) is 0 Å². The maximum atomic E-state index is 12.2. The second-order valence-electron chi connectivity index (χ2n) is 8.53. The lowest BCUT2D eigenvalue weighted by molar-refractivity contribution is -0.161. The minimum absolute atomic E-state index is 0.0483. The lowest BCUT2D eigenvalue weighted by Crippen LogP contribution is -2.29. The first-order valence-corrected chi connectivity index (χ1v) is 15.0. The van der Waals surface area contributed by atoms with Gasteiger partial charge in [0.2, 0.25) is 0 Å². The van der Waals surface area contributed by atoms with E-state index in [-0.39, 0.29) is 32.6 Å². The Hall–Kier alpha value is -1.77. The van der Waals surface area contributed by atoms with Gasteiger partial charge in [0.25, 0.3) is 0 Å². The molecule has 0 spiro atoms. The summed E-state index contributed by atoms with van der Waals surface area (Å²) in [5.41, 5.74) is 5.25. The van der Waals surface area contributed by atoms with E-state index in [9.17, 15) is 19.0 Å².